The molecule has 0 spiro atoms. The molecule has 0 radical (unpaired) electrons. The predicted molar refractivity (Wildman–Crippen MR) is 78.3 cm³/mol. The lowest BCUT2D eigenvalue weighted by Crippen LogP contribution is -2.20. The predicted octanol–water partition coefficient (Wildman–Crippen LogP) is 3.58. The van der Waals surface area contributed by atoms with Gasteiger partial charge in [-0.15, -0.1) is 0 Å². The second-order valence-corrected chi connectivity index (χ2v) is 4.27. The summed E-state index contributed by atoms with van der Waals surface area (Å²) in [6, 6.07) is 9.51. The highest BCUT2D eigenvalue weighted by Gasteiger charge is 2.29. The van der Waals surface area contributed by atoms with E-state index in [1.54, 1.807) is 0 Å². The molecule has 0 unspecified atom stereocenters. The van der Waals surface area contributed by atoms with Crippen molar-refractivity contribution in [1.82, 2.24) is 0 Å². The zero-order valence-corrected chi connectivity index (χ0v) is 12.6. The van der Waals surface area contributed by atoms with E-state index in [1.807, 2.05) is 30.3 Å². The summed E-state index contributed by atoms with van der Waals surface area (Å²) < 4.78 is 42.7. The zero-order valence-electron chi connectivity index (χ0n) is 12.6. The van der Waals surface area contributed by atoms with E-state index >= 15 is 0 Å². The van der Waals surface area contributed by atoms with Crippen LogP contribution in [-0.2, 0) is 25.7 Å². The Labute approximate surface area is 132 Å². The zero-order chi connectivity index (χ0) is 17.9. The van der Waals surface area contributed by atoms with Gasteiger partial charge in [-0.25, -0.2) is 9.59 Å². The van der Waals surface area contributed by atoms with Crippen molar-refractivity contribution in [2.24, 2.45) is 0 Å². The molecular formula is C16H17F3O4. The molecular weight excluding hydrogens is 313 g/mol. The molecule has 1 rings (SSSR count). The van der Waals surface area contributed by atoms with Crippen LogP contribution in [0.5, 0.6) is 0 Å². The van der Waals surface area contributed by atoms with Crippen molar-refractivity contribution in [1.29, 1.82) is 0 Å². The van der Waals surface area contributed by atoms with Crippen molar-refractivity contribution >= 4 is 11.9 Å². The van der Waals surface area contributed by atoms with Crippen LogP contribution in [0.2, 0.25) is 0 Å². The maximum absolute atomic E-state index is 11.4. The first-order valence-electron chi connectivity index (χ1n) is 6.38. The molecule has 7 heteroatoms. The fourth-order valence-electron chi connectivity index (χ4n) is 1.06. The van der Waals surface area contributed by atoms with E-state index in [-0.39, 0.29) is 11.5 Å². The molecule has 0 amide bonds. The number of carbonyl (C=O) groups is 2. The Morgan fingerprint density at radius 1 is 1.17 bits per heavy atom. The molecule has 0 fully saturated rings. The highest BCUT2D eigenvalue weighted by molar-refractivity contribution is 5.86. The summed E-state index contributed by atoms with van der Waals surface area (Å²) in [6.07, 6.45) is -3.31. The van der Waals surface area contributed by atoms with E-state index in [1.165, 1.54) is 6.92 Å². The summed E-state index contributed by atoms with van der Waals surface area (Å²) in [5.41, 5.74) is 0.932. The summed E-state index contributed by atoms with van der Waals surface area (Å²) in [4.78, 5) is 21.0. The maximum atomic E-state index is 11.4. The number of ether oxygens (including phenoxy) is 2. The van der Waals surface area contributed by atoms with Crippen molar-refractivity contribution in [2.45, 2.75) is 19.7 Å². The van der Waals surface area contributed by atoms with E-state index in [0.717, 1.165) is 11.6 Å². The quantitative estimate of drug-likeness (QED) is 0.612. The third-order valence-electron chi connectivity index (χ3n) is 2.11. The van der Waals surface area contributed by atoms with Gasteiger partial charge in [0.05, 0.1) is 0 Å². The summed E-state index contributed by atoms with van der Waals surface area (Å²) in [6.45, 7) is 6.44. The number of alkyl halides is 3. The van der Waals surface area contributed by atoms with E-state index < -0.39 is 18.8 Å². The van der Waals surface area contributed by atoms with Gasteiger partial charge in [0.2, 0.25) is 0 Å². The molecule has 1 aromatic carbocycles. The Morgan fingerprint density at radius 3 is 2.17 bits per heavy atom. The van der Waals surface area contributed by atoms with Crippen molar-refractivity contribution in [2.75, 3.05) is 6.61 Å². The van der Waals surface area contributed by atoms with Gasteiger partial charge < -0.3 is 9.47 Å². The van der Waals surface area contributed by atoms with Crippen LogP contribution in [0.25, 0.3) is 0 Å². The molecule has 0 saturated heterocycles. The number of benzene rings is 1. The minimum absolute atomic E-state index is 0.0470. The highest BCUT2D eigenvalue weighted by Crippen LogP contribution is 2.14. The number of rotatable bonds is 5. The van der Waals surface area contributed by atoms with Crippen LogP contribution in [0, 0.1) is 0 Å². The molecule has 0 aliphatic heterocycles. The fourth-order valence-corrected chi connectivity index (χ4v) is 1.06. The molecule has 1 aromatic rings. The van der Waals surface area contributed by atoms with Crippen LogP contribution >= 0.6 is 0 Å². The largest absolute Gasteiger partial charge is 0.458 e. The first kappa shape index (κ1) is 20.4. The van der Waals surface area contributed by atoms with Crippen LogP contribution in [-0.4, -0.2) is 24.7 Å². The summed E-state index contributed by atoms with van der Waals surface area (Å²) in [5, 5.41) is 0. The molecule has 0 atom stereocenters. The molecule has 0 bridgehead atoms. The topological polar surface area (TPSA) is 52.6 Å². The molecule has 0 aromatic heterocycles. The molecule has 23 heavy (non-hydrogen) atoms. The third kappa shape index (κ3) is 11.7. The Morgan fingerprint density at radius 2 is 1.74 bits per heavy atom. The molecule has 0 heterocycles. The third-order valence-corrected chi connectivity index (χ3v) is 2.11. The minimum Gasteiger partial charge on any atom is -0.458 e. The number of halogens is 3. The SMILES string of the molecule is C=C(C)C(=O)OCC(F)(F)F.C=CC(=O)OCc1ccccc1. The lowest BCUT2D eigenvalue weighted by atomic mass is 10.2. The van der Waals surface area contributed by atoms with E-state index in [9.17, 15) is 22.8 Å². The van der Waals surface area contributed by atoms with Gasteiger partial charge in [0.25, 0.3) is 0 Å². The fraction of sp³-hybridized carbons (Fsp3) is 0.250. The second-order valence-electron chi connectivity index (χ2n) is 4.27. The Kier molecular flexibility index (Phi) is 9.07. The Balaban J connectivity index is 0.000000423. The number of carbonyl (C=O) groups excluding carboxylic acids is 2. The lowest BCUT2D eigenvalue weighted by Gasteiger charge is -2.06. The van der Waals surface area contributed by atoms with Gasteiger partial charge in [-0.3, -0.25) is 0 Å². The monoisotopic (exact) mass is 330 g/mol. The van der Waals surface area contributed by atoms with E-state index in [0.29, 0.717) is 6.61 Å². The van der Waals surface area contributed by atoms with Crippen LogP contribution in [0.15, 0.2) is 55.1 Å². The first-order valence-corrected chi connectivity index (χ1v) is 6.38. The van der Waals surface area contributed by atoms with Gasteiger partial charge in [-0.1, -0.05) is 43.5 Å². The van der Waals surface area contributed by atoms with E-state index in [4.69, 9.17) is 4.74 Å². The van der Waals surface area contributed by atoms with Gasteiger partial charge in [0, 0.05) is 11.6 Å². The molecule has 126 valence electrons. The number of hydrogen-bond acceptors (Lipinski definition) is 4. The van der Waals surface area contributed by atoms with Gasteiger partial charge in [-0.2, -0.15) is 13.2 Å². The van der Waals surface area contributed by atoms with Crippen molar-refractivity contribution in [3.05, 3.63) is 60.7 Å². The first-order chi connectivity index (χ1) is 10.7. The number of esters is 2. The molecule has 0 N–H and O–H groups in total. The van der Waals surface area contributed by atoms with Crippen LogP contribution < -0.4 is 0 Å². The minimum atomic E-state index is -4.47. The molecule has 0 aliphatic carbocycles. The summed E-state index contributed by atoms with van der Waals surface area (Å²) >= 11 is 0. The number of hydrogen-bond donors (Lipinski definition) is 0. The Bertz CT molecular complexity index is 536. The van der Waals surface area contributed by atoms with Gasteiger partial charge in [0.1, 0.15) is 6.61 Å². The van der Waals surface area contributed by atoms with E-state index in [2.05, 4.69) is 17.9 Å². The Hall–Kier alpha value is -2.57. The normalized spacial score (nSPS) is 9.91. The van der Waals surface area contributed by atoms with Crippen molar-refractivity contribution in [3.63, 3.8) is 0 Å². The summed E-state index contributed by atoms with van der Waals surface area (Å²) in [5.74, 6) is -1.42. The van der Waals surface area contributed by atoms with Gasteiger partial charge >= 0.3 is 18.1 Å². The summed E-state index contributed by atoms with van der Waals surface area (Å²) in [7, 11) is 0. The second kappa shape index (κ2) is 10.2. The van der Waals surface area contributed by atoms with Crippen molar-refractivity contribution in [3.8, 4) is 0 Å². The average molecular weight is 330 g/mol. The lowest BCUT2D eigenvalue weighted by molar-refractivity contribution is -0.183. The standard InChI is InChI=1S/C10H10O2.C6H7F3O2/c1-2-10(11)12-8-9-6-4-3-5-7-9;1-4(2)5(10)11-3-6(7,8)9/h2-7H,1,8H2;1,3H2,2H3. The van der Waals surface area contributed by atoms with Crippen molar-refractivity contribution < 1.29 is 32.2 Å². The van der Waals surface area contributed by atoms with Crippen LogP contribution in [0.3, 0.4) is 0 Å². The molecule has 0 aliphatic rings. The average Bonchev–Trinajstić information content (AvgIpc) is 2.51. The van der Waals surface area contributed by atoms with Gasteiger partial charge in [-0.05, 0) is 12.5 Å². The maximum Gasteiger partial charge on any atom is 0.422 e. The molecule has 0 saturated carbocycles. The van der Waals surface area contributed by atoms with Crippen LogP contribution in [0.1, 0.15) is 12.5 Å². The van der Waals surface area contributed by atoms with Crippen LogP contribution in [0.4, 0.5) is 13.2 Å². The van der Waals surface area contributed by atoms with Gasteiger partial charge in [0.15, 0.2) is 6.61 Å². The smallest absolute Gasteiger partial charge is 0.422 e. The highest BCUT2D eigenvalue weighted by atomic mass is 19.4. The molecule has 4 nitrogen and oxygen atoms in total.